The number of hydrogen-bond acceptors (Lipinski definition) is 4. The van der Waals surface area contributed by atoms with Crippen LogP contribution in [0.3, 0.4) is 0 Å². The predicted molar refractivity (Wildman–Crippen MR) is 98.1 cm³/mol. The average Bonchev–Trinajstić information content (AvgIpc) is 2.51. The molecule has 0 aromatic carbocycles. The number of hydrogen-bond donors (Lipinski definition) is 3. The Morgan fingerprint density at radius 3 is 2.46 bits per heavy atom. The number of carbonyl (C=O) groups excluding carboxylic acids is 1. The Balaban J connectivity index is 2.74. The summed E-state index contributed by atoms with van der Waals surface area (Å²) in [6, 6.07) is 0. The van der Waals surface area contributed by atoms with Crippen LogP contribution in [0.15, 0.2) is 0 Å². The zero-order chi connectivity index (χ0) is 18.4. The van der Waals surface area contributed by atoms with Crippen molar-refractivity contribution in [3.63, 3.8) is 0 Å². The van der Waals surface area contributed by atoms with Gasteiger partial charge in [-0.2, -0.15) is 0 Å². The third-order valence-electron chi connectivity index (χ3n) is 5.50. The smallest absolute Gasteiger partial charge is 0.407 e. The molecule has 1 rings (SSSR count). The zero-order valence-electron chi connectivity index (χ0n) is 16.5. The van der Waals surface area contributed by atoms with E-state index in [1.54, 1.807) is 0 Å². The van der Waals surface area contributed by atoms with Crippen LogP contribution in [-0.4, -0.2) is 42.0 Å². The Kier molecular flexibility index (Phi) is 7.54. The first kappa shape index (κ1) is 21.2. The molecular weight excluding hydrogens is 304 g/mol. The summed E-state index contributed by atoms with van der Waals surface area (Å²) < 4.78 is 5.38. The maximum Gasteiger partial charge on any atom is 0.407 e. The van der Waals surface area contributed by atoms with Crippen LogP contribution in [-0.2, 0) is 4.74 Å². The van der Waals surface area contributed by atoms with Crippen LogP contribution in [0.1, 0.15) is 73.6 Å². The summed E-state index contributed by atoms with van der Waals surface area (Å²) in [6.07, 6.45) is 5.15. The van der Waals surface area contributed by atoms with E-state index in [9.17, 15) is 9.90 Å². The molecule has 3 unspecified atom stereocenters. The van der Waals surface area contributed by atoms with E-state index in [0.29, 0.717) is 12.5 Å². The van der Waals surface area contributed by atoms with E-state index in [1.807, 2.05) is 20.8 Å². The van der Waals surface area contributed by atoms with Gasteiger partial charge in [-0.1, -0.05) is 33.6 Å². The van der Waals surface area contributed by atoms with Gasteiger partial charge in [-0.3, -0.25) is 0 Å². The normalized spacial score (nSPS) is 27.4. The summed E-state index contributed by atoms with van der Waals surface area (Å²) in [4.78, 5) is 12.1. The minimum absolute atomic E-state index is 0.124. The maximum atomic E-state index is 12.1. The number of alkyl carbamates (subject to hydrolysis) is 1. The van der Waals surface area contributed by atoms with Gasteiger partial charge in [-0.15, -0.1) is 0 Å². The van der Waals surface area contributed by atoms with Crippen LogP contribution in [0.2, 0.25) is 0 Å². The quantitative estimate of drug-likeness (QED) is 0.663. The van der Waals surface area contributed by atoms with E-state index in [4.69, 9.17) is 4.74 Å². The van der Waals surface area contributed by atoms with Crippen molar-refractivity contribution in [3.8, 4) is 0 Å². The van der Waals surface area contributed by atoms with Crippen LogP contribution in [0.5, 0.6) is 0 Å². The van der Waals surface area contributed by atoms with Gasteiger partial charge in [0.25, 0.3) is 0 Å². The van der Waals surface area contributed by atoms with Gasteiger partial charge in [0.05, 0.1) is 0 Å². The van der Waals surface area contributed by atoms with Crippen LogP contribution in [0, 0.1) is 11.3 Å². The monoisotopic (exact) mass is 342 g/mol. The van der Waals surface area contributed by atoms with Crippen LogP contribution >= 0.6 is 0 Å². The summed E-state index contributed by atoms with van der Waals surface area (Å²) >= 11 is 0. The van der Waals surface area contributed by atoms with Gasteiger partial charge in [0.1, 0.15) is 5.60 Å². The molecular formula is C19H38N2O3. The van der Waals surface area contributed by atoms with Crippen molar-refractivity contribution in [3.05, 3.63) is 0 Å². The Morgan fingerprint density at radius 1 is 1.29 bits per heavy atom. The Bertz CT molecular complexity index is 402. The molecule has 0 aliphatic heterocycles. The standard InChI is InChI=1S/C19H38N2O3/c1-7-18(6,14-22)12-21-19(11-9-8-10-15(19)2)13-20-16(23)24-17(3,4)5/h15,21-22H,7-14H2,1-6H3,(H,20,23). The molecule has 24 heavy (non-hydrogen) atoms. The molecule has 5 heteroatoms. The second kappa shape index (κ2) is 8.52. The fourth-order valence-corrected chi connectivity index (χ4v) is 3.23. The molecule has 3 N–H and O–H groups in total. The van der Waals surface area contributed by atoms with E-state index in [-0.39, 0.29) is 23.7 Å². The average molecular weight is 343 g/mol. The molecule has 0 saturated heterocycles. The van der Waals surface area contributed by atoms with Crippen molar-refractivity contribution in [2.45, 2.75) is 84.8 Å². The van der Waals surface area contributed by atoms with Crippen LogP contribution in [0.4, 0.5) is 4.79 Å². The van der Waals surface area contributed by atoms with Crippen molar-refractivity contribution in [2.24, 2.45) is 11.3 Å². The predicted octanol–water partition coefficient (Wildman–Crippen LogP) is 3.46. The lowest BCUT2D eigenvalue weighted by atomic mass is 9.72. The molecule has 3 atom stereocenters. The fraction of sp³-hybridized carbons (Fsp3) is 0.947. The lowest BCUT2D eigenvalue weighted by Gasteiger charge is -2.45. The first-order chi connectivity index (χ1) is 11.1. The molecule has 1 fully saturated rings. The summed E-state index contributed by atoms with van der Waals surface area (Å²) in [5.74, 6) is 0.473. The molecule has 1 aliphatic carbocycles. The molecule has 0 spiro atoms. The fourth-order valence-electron chi connectivity index (χ4n) is 3.23. The van der Waals surface area contributed by atoms with Gasteiger partial charge < -0.3 is 20.5 Å². The number of amides is 1. The number of carbonyl (C=O) groups is 1. The van der Waals surface area contributed by atoms with E-state index in [0.717, 1.165) is 32.2 Å². The molecule has 1 amide bonds. The van der Waals surface area contributed by atoms with Crippen LogP contribution in [0.25, 0.3) is 0 Å². The minimum Gasteiger partial charge on any atom is -0.444 e. The zero-order valence-corrected chi connectivity index (χ0v) is 16.5. The second-order valence-corrected chi connectivity index (χ2v) is 8.83. The van der Waals surface area contributed by atoms with Crippen molar-refractivity contribution in [1.82, 2.24) is 10.6 Å². The highest BCUT2D eigenvalue weighted by Crippen LogP contribution is 2.34. The molecule has 1 saturated carbocycles. The van der Waals surface area contributed by atoms with Gasteiger partial charge >= 0.3 is 6.09 Å². The summed E-state index contributed by atoms with van der Waals surface area (Å²) in [7, 11) is 0. The number of aliphatic hydroxyl groups is 1. The van der Waals surface area contributed by atoms with Gasteiger partial charge in [0.2, 0.25) is 0 Å². The van der Waals surface area contributed by atoms with Gasteiger partial charge in [0.15, 0.2) is 0 Å². The van der Waals surface area contributed by atoms with Gasteiger partial charge in [-0.05, 0) is 46.0 Å². The number of aliphatic hydroxyl groups excluding tert-OH is 1. The van der Waals surface area contributed by atoms with Crippen molar-refractivity contribution in [1.29, 1.82) is 0 Å². The van der Waals surface area contributed by atoms with E-state index >= 15 is 0 Å². The number of rotatable bonds is 7. The van der Waals surface area contributed by atoms with Gasteiger partial charge in [-0.25, -0.2) is 4.79 Å². The largest absolute Gasteiger partial charge is 0.444 e. The van der Waals surface area contributed by atoms with E-state index < -0.39 is 5.60 Å². The van der Waals surface area contributed by atoms with E-state index in [1.165, 1.54) is 6.42 Å². The number of nitrogens with one attached hydrogen (secondary N) is 2. The topological polar surface area (TPSA) is 70.6 Å². The van der Waals surface area contributed by atoms with Crippen LogP contribution < -0.4 is 10.6 Å². The first-order valence-electron chi connectivity index (χ1n) is 9.38. The van der Waals surface area contributed by atoms with Crippen molar-refractivity contribution < 1.29 is 14.6 Å². The lowest BCUT2D eigenvalue weighted by molar-refractivity contribution is 0.0459. The molecule has 0 radical (unpaired) electrons. The molecule has 0 heterocycles. The third-order valence-corrected chi connectivity index (χ3v) is 5.50. The molecule has 1 aliphatic rings. The molecule has 0 aromatic heterocycles. The Morgan fingerprint density at radius 2 is 1.96 bits per heavy atom. The molecule has 142 valence electrons. The number of ether oxygens (including phenoxy) is 1. The highest BCUT2D eigenvalue weighted by molar-refractivity contribution is 5.67. The van der Waals surface area contributed by atoms with Gasteiger partial charge in [0, 0.05) is 30.7 Å². The summed E-state index contributed by atoms with van der Waals surface area (Å²) in [5, 5.41) is 16.4. The first-order valence-corrected chi connectivity index (χ1v) is 9.38. The second-order valence-electron chi connectivity index (χ2n) is 8.83. The SMILES string of the molecule is CCC(C)(CO)CNC1(CNC(=O)OC(C)(C)C)CCCCC1C. The molecule has 0 aromatic rings. The minimum atomic E-state index is -0.486. The highest BCUT2D eigenvalue weighted by Gasteiger charge is 2.39. The molecule has 0 bridgehead atoms. The highest BCUT2D eigenvalue weighted by atomic mass is 16.6. The molecule has 5 nitrogen and oxygen atoms in total. The van der Waals surface area contributed by atoms with Crippen molar-refractivity contribution in [2.75, 3.05) is 19.7 Å². The summed E-state index contributed by atoms with van der Waals surface area (Å²) in [6.45, 7) is 13.6. The van der Waals surface area contributed by atoms with Crippen molar-refractivity contribution >= 4 is 6.09 Å². The third kappa shape index (κ3) is 6.25. The Hall–Kier alpha value is -0.810. The lowest BCUT2D eigenvalue weighted by Crippen LogP contribution is -2.61. The Labute approximate surface area is 147 Å². The van der Waals surface area contributed by atoms with E-state index in [2.05, 4.69) is 31.4 Å². The maximum absolute atomic E-state index is 12.1. The summed E-state index contributed by atoms with van der Waals surface area (Å²) in [5.41, 5.74) is -0.739.